The molecule has 0 radical (unpaired) electrons. The number of thioether (sulfide) groups is 1. The van der Waals surface area contributed by atoms with Crippen molar-refractivity contribution in [1.29, 1.82) is 0 Å². The number of nitrogens with two attached hydrogens (primary N) is 1. The van der Waals surface area contributed by atoms with Crippen molar-refractivity contribution in [1.82, 2.24) is 4.72 Å². The zero-order chi connectivity index (χ0) is 14.0. The molecule has 1 aromatic carbocycles. The van der Waals surface area contributed by atoms with Gasteiger partial charge in [0.1, 0.15) is 0 Å². The number of rotatable bonds is 4. The van der Waals surface area contributed by atoms with Crippen molar-refractivity contribution in [3.05, 3.63) is 22.7 Å². The Morgan fingerprint density at radius 3 is 2.84 bits per heavy atom. The standard InChI is InChI=1S/C12H17ClN2O2S2/c1-8-11(13)4-10(5-12(8)14)19(16,17)15-6-9-2-3-18-7-9/h4-5,9,15H,2-3,6-7,14H2,1H3. The molecule has 7 heteroatoms. The maximum atomic E-state index is 12.2. The number of anilines is 1. The molecule has 0 spiro atoms. The number of sulfonamides is 1. The quantitative estimate of drug-likeness (QED) is 0.835. The molecule has 1 fully saturated rings. The monoisotopic (exact) mass is 320 g/mol. The zero-order valence-electron chi connectivity index (χ0n) is 10.6. The van der Waals surface area contributed by atoms with Gasteiger partial charge in [-0.05, 0) is 48.5 Å². The van der Waals surface area contributed by atoms with E-state index in [2.05, 4.69) is 4.72 Å². The normalized spacial score (nSPS) is 19.8. The summed E-state index contributed by atoms with van der Waals surface area (Å²) in [7, 11) is -3.53. The lowest BCUT2D eigenvalue weighted by Gasteiger charge is -2.12. The minimum Gasteiger partial charge on any atom is -0.398 e. The second-order valence-electron chi connectivity index (χ2n) is 4.70. The Morgan fingerprint density at radius 1 is 1.53 bits per heavy atom. The number of halogens is 1. The summed E-state index contributed by atoms with van der Waals surface area (Å²) in [6.45, 7) is 2.23. The topological polar surface area (TPSA) is 72.2 Å². The number of benzene rings is 1. The van der Waals surface area contributed by atoms with Crippen molar-refractivity contribution >= 4 is 39.1 Å². The molecule has 0 saturated carbocycles. The molecule has 1 saturated heterocycles. The number of nitrogens with one attached hydrogen (secondary N) is 1. The molecular formula is C12H17ClN2O2S2. The summed E-state index contributed by atoms with van der Waals surface area (Å²) in [4.78, 5) is 0.131. The molecule has 19 heavy (non-hydrogen) atoms. The first-order valence-corrected chi connectivity index (χ1v) is 9.05. The zero-order valence-corrected chi connectivity index (χ0v) is 13.0. The third kappa shape index (κ3) is 3.56. The molecule has 1 aliphatic rings. The fourth-order valence-electron chi connectivity index (χ4n) is 1.88. The van der Waals surface area contributed by atoms with Crippen LogP contribution in [0.2, 0.25) is 5.02 Å². The van der Waals surface area contributed by atoms with Gasteiger partial charge in [0.25, 0.3) is 0 Å². The highest BCUT2D eigenvalue weighted by molar-refractivity contribution is 7.99. The largest absolute Gasteiger partial charge is 0.398 e. The average molecular weight is 321 g/mol. The van der Waals surface area contributed by atoms with Crippen molar-refractivity contribution < 1.29 is 8.42 Å². The molecule has 2 rings (SSSR count). The van der Waals surface area contributed by atoms with E-state index in [1.165, 1.54) is 12.1 Å². The third-order valence-corrected chi connectivity index (χ3v) is 6.28. The van der Waals surface area contributed by atoms with E-state index in [1.54, 1.807) is 6.92 Å². The summed E-state index contributed by atoms with van der Waals surface area (Å²) in [5, 5.41) is 0.372. The van der Waals surface area contributed by atoms with E-state index in [4.69, 9.17) is 17.3 Å². The van der Waals surface area contributed by atoms with Gasteiger partial charge in [-0.25, -0.2) is 13.1 Å². The fourth-order valence-corrected chi connectivity index (χ4v) is 4.64. The Morgan fingerprint density at radius 2 is 2.26 bits per heavy atom. The van der Waals surface area contributed by atoms with Gasteiger partial charge >= 0.3 is 0 Å². The van der Waals surface area contributed by atoms with Crippen molar-refractivity contribution in [3.63, 3.8) is 0 Å². The van der Waals surface area contributed by atoms with Crippen LogP contribution in [-0.4, -0.2) is 26.5 Å². The summed E-state index contributed by atoms with van der Waals surface area (Å²) in [6, 6.07) is 2.89. The van der Waals surface area contributed by atoms with Gasteiger partial charge in [0.05, 0.1) is 4.90 Å². The van der Waals surface area contributed by atoms with Crippen LogP contribution in [0.1, 0.15) is 12.0 Å². The van der Waals surface area contributed by atoms with E-state index in [9.17, 15) is 8.42 Å². The minimum atomic E-state index is -3.53. The second-order valence-corrected chi connectivity index (χ2v) is 8.02. The Bertz CT molecular complexity index is 546. The maximum Gasteiger partial charge on any atom is 0.240 e. The van der Waals surface area contributed by atoms with Crippen LogP contribution in [0.3, 0.4) is 0 Å². The lowest BCUT2D eigenvalue weighted by Crippen LogP contribution is -2.29. The minimum absolute atomic E-state index is 0.131. The highest BCUT2D eigenvalue weighted by atomic mass is 35.5. The van der Waals surface area contributed by atoms with Crippen LogP contribution in [0.5, 0.6) is 0 Å². The Hall–Kier alpha value is -0.430. The van der Waals surface area contributed by atoms with Crippen LogP contribution in [-0.2, 0) is 10.0 Å². The first-order valence-electron chi connectivity index (χ1n) is 6.03. The molecule has 0 aliphatic carbocycles. The molecule has 1 unspecified atom stereocenters. The number of nitrogen functional groups attached to an aromatic ring is 1. The van der Waals surface area contributed by atoms with Crippen molar-refractivity contribution in [2.24, 2.45) is 5.92 Å². The summed E-state index contributed by atoms with van der Waals surface area (Å²) in [5.41, 5.74) is 6.85. The predicted octanol–water partition coefficient (Wildman–Crippen LogP) is 2.26. The fraction of sp³-hybridized carbons (Fsp3) is 0.500. The van der Waals surface area contributed by atoms with Gasteiger partial charge in [-0.1, -0.05) is 11.6 Å². The molecule has 0 amide bonds. The summed E-state index contributed by atoms with van der Waals surface area (Å²) < 4.78 is 27.0. The van der Waals surface area contributed by atoms with E-state index < -0.39 is 10.0 Å². The Kier molecular flexibility index (Phi) is 4.66. The third-order valence-electron chi connectivity index (χ3n) is 3.25. The van der Waals surface area contributed by atoms with Crippen LogP contribution in [0.4, 0.5) is 5.69 Å². The van der Waals surface area contributed by atoms with Gasteiger partial charge in [0, 0.05) is 17.3 Å². The van der Waals surface area contributed by atoms with E-state index in [0.29, 0.717) is 28.7 Å². The molecule has 0 aromatic heterocycles. The van der Waals surface area contributed by atoms with E-state index in [1.807, 2.05) is 11.8 Å². The van der Waals surface area contributed by atoms with Crippen LogP contribution in [0, 0.1) is 12.8 Å². The van der Waals surface area contributed by atoms with E-state index in [-0.39, 0.29) is 4.90 Å². The first-order chi connectivity index (χ1) is 8.90. The molecule has 106 valence electrons. The van der Waals surface area contributed by atoms with E-state index >= 15 is 0 Å². The Labute approximate surface area is 123 Å². The molecule has 1 aromatic rings. The molecular weight excluding hydrogens is 304 g/mol. The van der Waals surface area contributed by atoms with Gasteiger partial charge in [-0.3, -0.25) is 0 Å². The highest BCUT2D eigenvalue weighted by Gasteiger charge is 2.21. The molecule has 3 N–H and O–H groups in total. The van der Waals surface area contributed by atoms with Crippen molar-refractivity contribution in [3.8, 4) is 0 Å². The van der Waals surface area contributed by atoms with Gasteiger partial charge in [0.2, 0.25) is 10.0 Å². The molecule has 1 heterocycles. The van der Waals surface area contributed by atoms with Gasteiger partial charge < -0.3 is 5.73 Å². The van der Waals surface area contributed by atoms with Crippen LogP contribution < -0.4 is 10.5 Å². The molecule has 4 nitrogen and oxygen atoms in total. The lowest BCUT2D eigenvalue weighted by molar-refractivity contribution is 0.546. The van der Waals surface area contributed by atoms with E-state index in [0.717, 1.165) is 17.9 Å². The van der Waals surface area contributed by atoms with Crippen LogP contribution in [0.15, 0.2) is 17.0 Å². The molecule has 1 aliphatic heterocycles. The lowest BCUT2D eigenvalue weighted by atomic mass is 10.1. The number of hydrogen-bond donors (Lipinski definition) is 2. The first kappa shape index (κ1) is 15.0. The summed E-state index contributed by atoms with van der Waals surface area (Å²) >= 11 is 7.84. The smallest absolute Gasteiger partial charge is 0.240 e. The average Bonchev–Trinajstić information content (AvgIpc) is 2.86. The SMILES string of the molecule is Cc1c(N)cc(S(=O)(=O)NCC2CCSC2)cc1Cl. The van der Waals surface area contributed by atoms with Crippen molar-refractivity contribution in [2.75, 3.05) is 23.8 Å². The van der Waals surface area contributed by atoms with Crippen LogP contribution in [0.25, 0.3) is 0 Å². The highest BCUT2D eigenvalue weighted by Crippen LogP contribution is 2.27. The maximum absolute atomic E-state index is 12.2. The predicted molar refractivity (Wildman–Crippen MR) is 81.2 cm³/mol. The van der Waals surface area contributed by atoms with Gasteiger partial charge in [-0.2, -0.15) is 11.8 Å². The Balaban J connectivity index is 2.14. The second kappa shape index (κ2) is 5.91. The molecule has 1 atom stereocenters. The summed E-state index contributed by atoms with van der Waals surface area (Å²) in [6.07, 6.45) is 1.06. The molecule has 0 bridgehead atoms. The summed E-state index contributed by atoms with van der Waals surface area (Å²) in [5.74, 6) is 2.53. The van der Waals surface area contributed by atoms with Crippen LogP contribution >= 0.6 is 23.4 Å². The van der Waals surface area contributed by atoms with Gasteiger partial charge in [-0.15, -0.1) is 0 Å². The van der Waals surface area contributed by atoms with Gasteiger partial charge in [0.15, 0.2) is 0 Å². The number of hydrogen-bond acceptors (Lipinski definition) is 4. The van der Waals surface area contributed by atoms with Crippen molar-refractivity contribution in [2.45, 2.75) is 18.2 Å².